The molecule has 2 atom stereocenters. The van der Waals surface area contributed by atoms with Gasteiger partial charge in [-0.2, -0.15) is 0 Å². The summed E-state index contributed by atoms with van der Waals surface area (Å²) in [6.45, 7) is 0. The minimum Gasteiger partial charge on any atom is -0.504 e. The number of methoxy groups -OCH3 is 2. The van der Waals surface area contributed by atoms with Gasteiger partial charge in [-0.15, -0.1) is 11.3 Å². The Bertz CT molecular complexity index is 797. The highest BCUT2D eigenvalue weighted by Crippen LogP contribution is 2.42. The molecule has 1 heterocycles. The van der Waals surface area contributed by atoms with Crippen molar-refractivity contribution < 1.29 is 28.6 Å². The highest BCUT2D eigenvalue weighted by atomic mass is 32.1. The Kier molecular flexibility index (Phi) is 3.97. The Morgan fingerprint density at radius 1 is 1.26 bits per heavy atom. The molecule has 0 saturated heterocycles. The number of carbonyl (C=O) groups is 2. The number of rotatable bonds is 4. The summed E-state index contributed by atoms with van der Waals surface area (Å²) in [6.07, 6.45) is 1.24. The number of benzene rings is 1. The summed E-state index contributed by atoms with van der Waals surface area (Å²) in [6, 6.07) is 2.82. The molecule has 1 saturated carbocycles. The van der Waals surface area contributed by atoms with Crippen molar-refractivity contribution in [2.24, 2.45) is 11.8 Å². The molecule has 1 aromatic heterocycles. The van der Waals surface area contributed by atoms with Crippen LogP contribution in [0.25, 0.3) is 10.1 Å². The first kappa shape index (κ1) is 15.7. The van der Waals surface area contributed by atoms with E-state index in [2.05, 4.69) is 0 Å². The van der Waals surface area contributed by atoms with Crippen LogP contribution in [-0.4, -0.2) is 31.1 Å². The van der Waals surface area contributed by atoms with Crippen LogP contribution in [0.5, 0.6) is 11.5 Å². The van der Waals surface area contributed by atoms with Crippen LogP contribution in [0.2, 0.25) is 0 Å². The number of hydrogen-bond acceptors (Lipinski definition) is 6. The zero-order valence-corrected chi connectivity index (χ0v) is 13.4. The summed E-state index contributed by atoms with van der Waals surface area (Å²) >= 11 is 1.09. The number of fused-ring (bicyclic) bond motifs is 1. The van der Waals surface area contributed by atoms with Gasteiger partial charge in [0.15, 0.2) is 23.1 Å². The van der Waals surface area contributed by atoms with Crippen molar-refractivity contribution in [3.05, 3.63) is 22.8 Å². The van der Waals surface area contributed by atoms with E-state index >= 15 is 0 Å². The molecule has 1 fully saturated rings. The van der Waals surface area contributed by atoms with Gasteiger partial charge < -0.3 is 14.6 Å². The first-order chi connectivity index (χ1) is 11.0. The quantitative estimate of drug-likeness (QED) is 0.685. The molecule has 0 bridgehead atoms. The normalized spacial score (nSPS) is 20.1. The Balaban J connectivity index is 1.96. The van der Waals surface area contributed by atoms with Gasteiger partial charge >= 0.3 is 5.97 Å². The fourth-order valence-corrected chi connectivity index (χ4v) is 3.95. The van der Waals surface area contributed by atoms with Gasteiger partial charge in [0.25, 0.3) is 0 Å². The summed E-state index contributed by atoms with van der Waals surface area (Å²) < 4.78 is 24.3. The molecule has 2 aromatic rings. The number of aromatic hydroxyl groups is 1. The molecule has 23 heavy (non-hydrogen) atoms. The zero-order chi connectivity index (χ0) is 16.7. The second kappa shape index (κ2) is 5.81. The summed E-state index contributed by atoms with van der Waals surface area (Å²) in [5.74, 6) is -2.68. The van der Waals surface area contributed by atoms with E-state index in [1.54, 1.807) is 0 Å². The standard InChI is InChI=1S/C16H15FO5S/c1-21-15-10(18)6-11-9(13(15)17)5-12(23-11)14(19)7-3-4-8(7)16(20)22-2/h5-8,18H,3-4H2,1-2H3. The smallest absolute Gasteiger partial charge is 0.309 e. The first-order valence-corrected chi connectivity index (χ1v) is 7.90. The van der Waals surface area contributed by atoms with E-state index in [1.807, 2.05) is 0 Å². The fraction of sp³-hybridized carbons (Fsp3) is 0.375. The molecule has 5 nitrogen and oxygen atoms in total. The van der Waals surface area contributed by atoms with Crippen LogP contribution in [0.3, 0.4) is 0 Å². The van der Waals surface area contributed by atoms with E-state index < -0.39 is 17.7 Å². The molecule has 1 aliphatic rings. The van der Waals surface area contributed by atoms with Crippen LogP contribution in [0, 0.1) is 17.7 Å². The lowest BCUT2D eigenvalue weighted by Gasteiger charge is -2.32. The Morgan fingerprint density at radius 3 is 2.52 bits per heavy atom. The number of thiophene rings is 1. The number of phenolic OH excluding ortho intramolecular Hbond substituents is 1. The van der Waals surface area contributed by atoms with Crippen molar-refractivity contribution in [2.45, 2.75) is 12.8 Å². The number of hydrogen-bond donors (Lipinski definition) is 1. The van der Waals surface area contributed by atoms with Crippen molar-refractivity contribution in [1.82, 2.24) is 0 Å². The Morgan fingerprint density at radius 2 is 1.96 bits per heavy atom. The van der Waals surface area contributed by atoms with Crippen molar-refractivity contribution in [3.63, 3.8) is 0 Å². The predicted octanol–water partition coefficient (Wildman–Crippen LogP) is 3.14. The highest BCUT2D eigenvalue weighted by molar-refractivity contribution is 7.20. The van der Waals surface area contributed by atoms with Gasteiger partial charge in [0.05, 0.1) is 25.0 Å². The third kappa shape index (κ3) is 2.45. The minimum absolute atomic E-state index is 0.189. The van der Waals surface area contributed by atoms with Crippen LogP contribution in [0.1, 0.15) is 22.5 Å². The third-order valence-corrected chi connectivity index (χ3v) is 5.36. The van der Waals surface area contributed by atoms with Crippen LogP contribution >= 0.6 is 11.3 Å². The van der Waals surface area contributed by atoms with E-state index in [0.717, 1.165) is 11.3 Å². The van der Waals surface area contributed by atoms with E-state index in [1.165, 1.54) is 26.4 Å². The maximum atomic E-state index is 14.3. The number of phenols is 1. The summed E-state index contributed by atoms with van der Waals surface area (Å²) in [7, 11) is 2.56. The Hall–Kier alpha value is -2.15. The van der Waals surface area contributed by atoms with Gasteiger partial charge in [-0.3, -0.25) is 9.59 Å². The first-order valence-electron chi connectivity index (χ1n) is 7.09. The largest absolute Gasteiger partial charge is 0.504 e. The lowest BCUT2D eigenvalue weighted by Crippen LogP contribution is -2.38. The molecule has 1 aliphatic carbocycles. The monoisotopic (exact) mass is 338 g/mol. The van der Waals surface area contributed by atoms with E-state index in [4.69, 9.17) is 9.47 Å². The number of ether oxygens (including phenoxy) is 2. The molecule has 2 unspecified atom stereocenters. The van der Waals surface area contributed by atoms with E-state index in [-0.39, 0.29) is 28.6 Å². The zero-order valence-electron chi connectivity index (χ0n) is 12.6. The molecule has 1 N–H and O–H groups in total. The van der Waals surface area contributed by atoms with Crippen LogP contribution in [0.15, 0.2) is 12.1 Å². The van der Waals surface area contributed by atoms with E-state index in [9.17, 15) is 19.1 Å². The van der Waals surface area contributed by atoms with Gasteiger partial charge in [-0.05, 0) is 18.9 Å². The van der Waals surface area contributed by atoms with Gasteiger partial charge in [-0.25, -0.2) is 4.39 Å². The van der Waals surface area contributed by atoms with Crippen LogP contribution in [0.4, 0.5) is 4.39 Å². The van der Waals surface area contributed by atoms with Crippen LogP contribution in [-0.2, 0) is 9.53 Å². The second-order valence-electron chi connectivity index (χ2n) is 5.44. The fourth-order valence-electron chi connectivity index (χ4n) is 2.85. The summed E-state index contributed by atoms with van der Waals surface area (Å²) in [5.41, 5.74) is 0. The summed E-state index contributed by atoms with van der Waals surface area (Å²) in [5, 5.41) is 9.97. The minimum atomic E-state index is -0.698. The molecule has 122 valence electrons. The van der Waals surface area contributed by atoms with Gasteiger partial charge in [0, 0.05) is 22.1 Å². The molecule has 7 heteroatoms. The predicted molar refractivity (Wildman–Crippen MR) is 82.6 cm³/mol. The number of halogens is 1. The van der Waals surface area contributed by atoms with Crippen molar-refractivity contribution >= 4 is 33.2 Å². The topological polar surface area (TPSA) is 72.8 Å². The molecule has 1 aromatic carbocycles. The molecule has 0 spiro atoms. The maximum absolute atomic E-state index is 14.3. The van der Waals surface area contributed by atoms with Crippen molar-refractivity contribution in [2.75, 3.05) is 14.2 Å². The van der Waals surface area contributed by atoms with Crippen molar-refractivity contribution in [1.29, 1.82) is 0 Å². The lowest BCUT2D eigenvalue weighted by molar-refractivity contribution is -0.150. The van der Waals surface area contributed by atoms with Gasteiger partial charge in [-0.1, -0.05) is 0 Å². The van der Waals surface area contributed by atoms with E-state index in [0.29, 0.717) is 22.4 Å². The summed E-state index contributed by atoms with van der Waals surface area (Å²) in [4.78, 5) is 24.5. The molecule has 0 aliphatic heterocycles. The third-order valence-electron chi connectivity index (χ3n) is 4.26. The highest BCUT2D eigenvalue weighted by Gasteiger charge is 2.42. The molecule has 0 radical (unpaired) electrons. The maximum Gasteiger partial charge on any atom is 0.309 e. The SMILES string of the molecule is COC(=O)C1CCC1C(=O)c1cc2c(F)c(OC)c(O)cc2s1. The second-order valence-corrected chi connectivity index (χ2v) is 6.53. The Labute approximate surface area is 135 Å². The van der Waals surface area contributed by atoms with Gasteiger partial charge in [0.2, 0.25) is 0 Å². The average molecular weight is 338 g/mol. The molecule has 3 rings (SSSR count). The number of ketones is 1. The molecule has 0 amide bonds. The lowest BCUT2D eigenvalue weighted by atomic mass is 9.71. The molecular formula is C16H15FO5S. The van der Waals surface area contributed by atoms with Crippen molar-refractivity contribution in [3.8, 4) is 11.5 Å². The molecular weight excluding hydrogens is 323 g/mol. The number of esters is 1. The number of carbonyl (C=O) groups excluding carboxylic acids is 2. The number of Topliss-reactive ketones (excluding diaryl/α,β-unsaturated/α-hetero) is 1. The van der Waals surface area contributed by atoms with Gasteiger partial charge in [0.1, 0.15) is 0 Å². The van der Waals surface area contributed by atoms with Crippen LogP contribution < -0.4 is 4.74 Å². The average Bonchev–Trinajstić information content (AvgIpc) is 2.90.